The van der Waals surface area contributed by atoms with Gasteiger partial charge < -0.3 is 5.11 Å². The SMILES string of the molecule is O=C(O)C1=CCCCC1S(=O)(=O)Nc1cc(Cl)ccc1Cl. The molecule has 2 rings (SSSR count). The fraction of sp³-hybridized carbons (Fsp3) is 0.308. The van der Waals surface area contributed by atoms with Crippen molar-refractivity contribution in [2.24, 2.45) is 0 Å². The molecule has 0 saturated heterocycles. The van der Waals surface area contributed by atoms with Crippen molar-refractivity contribution >= 4 is 44.9 Å². The molecule has 21 heavy (non-hydrogen) atoms. The zero-order valence-electron chi connectivity index (χ0n) is 10.8. The Bertz CT molecular complexity index is 700. The number of nitrogens with one attached hydrogen (secondary N) is 1. The van der Waals surface area contributed by atoms with E-state index in [1.807, 2.05) is 0 Å². The van der Waals surface area contributed by atoms with E-state index in [1.165, 1.54) is 24.3 Å². The molecule has 114 valence electrons. The fourth-order valence-corrected chi connectivity index (χ4v) is 4.21. The Hall–Kier alpha value is -1.24. The molecule has 0 bridgehead atoms. The molecule has 0 aliphatic heterocycles. The minimum Gasteiger partial charge on any atom is -0.478 e. The minimum absolute atomic E-state index is 0.105. The highest BCUT2D eigenvalue weighted by Gasteiger charge is 2.34. The predicted molar refractivity (Wildman–Crippen MR) is 82.4 cm³/mol. The second-order valence-electron chi connectivity index (χ2n) is 4.66. The van der Waals surface area contributed by atoms with Crippen LogP contribution in [-0.4, -0.2) is 24.7 Å². The van der Waals surface area contributed by atoms with Gasteiger partial charge >= 0.3 is 5.97 Å². The lowest BCUT2D eigenvalue weighted by atomic mass is 9.99. The van der Waals surface area contributed by atoms with Crippen molar-refractivity contribution in [3.05, 3.63) is 39.9 Å². The average Bonchev–Trinajstić information content (AvgIpc) is 2.42. The Labute approximate surface area is 132 Å². The lowest BCUT2D eigenvalue weighted by Crippen LogP contribution is -2.34. The number of hydrogen-bond acceptors (Lipinski definition) is 3. The summed E-state index contributed by atoms with van der Waals surface area (Å²) in [6, 6.07) is 4.38. The van der Waals surface area contributed by atoms with Gasteiger partial charge in [-0.15, -0.1) is 0 Å². The van der Waals surface area contributed by atoms with Crippen molar-refractivity contribution in [2.45, 2.75) is 24.5 Å². The number of allylic oxidation sites excluding steroid dienone is 1. The summed E-state index contributed by atoms with van der Waals surface area (Å²) in [6.45, 7) is 0. The van der Waals surface area contributed by atoms with Gasteiger partial charge in [0, 0.05) is 5.02 Å². The van der Waals surface area contributed by atoms with Crippen molar-refractivity contribution < 1.29 is 18.3 Å². The minimum atomic E-state index is -3.91. The molecular formula is C13H13Cl2NO4S. The molecule has 1 aromatic carbocycles. The number of carboxylic acid groups (broad SMARTS) is 1. The average molecular weight is 350 g/mol. The Morgan fingerprint density at radius 2 is 2.05 bits per heavy atom. The predicted octanol–water partition coefficient (Wildman–Crippen LogP) is 3.30. The van der Waals surface area contributed by atoms with E-state index in [2.05, 4.69) is 4.72 Å². The first-order chi connectivity index (χ1) is 9.81. The molecule has 0 fully saturated rings. The molecule has 0 amide bonds. The standard InChI is InChI=1S/C13H13Cl2NO4S/c14-8-5-6-10(15)11(7-8)16-21(19,20)12-4-2-1-3-9(12)13(17)18/h3,5-7,12,16H,1-2,4H2,(H,17,18). The maximum Gasteiger partial charge on any atom is 0.332 e. The molecule has 1 aliphatic rings. The van der Waals surface area contributed by atoms with Crippen LogP contribution in [0.2, 0.25) is 10.0 Å². The summed E-state index contributed by atoms with van der Waals surface area (Å²) < 4.78 is 27.2. The topological polar surface area (TPSA) is 83.5 Å². The second-order valence-corrected chi connectivity index (χ2v) is 7.36. The third-order valence-corrected chi connectivity index (χ3v) is 5.49. The molecule has 0 spiro atoms. The summed E-state index contributed by atoms with van der Waals surface area (Å²) in [5.41, 5.74) is 0.0337. The Morgan fingerprint density at radius 1 is 1.33 bits per heavy atom. The molecule has 0 radical (unpaired) electrons. The number of anilines is 1. The maximum absolute atomic E-state index is 12.4. The number of carboxylic acids is 1. The molecule has 5 nitrogen and oxygen atoms in total. The van der Waals surface area contributed by atoms with Gasteiger partial charge in [0.15, 0.2) is 0 Å². The van der Waals surface area contributed by atoms with Gasteiger partial charge in [0.1, 0.15) is 5.25 Å². The zero-order chi connectivity index (χ0) is 15.6. The Kier molecular flexibility index (Phi) is 4.81. The highest BCUT2D eigenvalue weighted by Crippen LogP contribution is 2.30. The van der Waals surface area contributed by atoms with Crippen LogP contribution in [0, 0.1) is 0 Å². The summed E-state index contributed by atoms with van der Waals surface area (Å²) >= 11 is 11.7. The van der Waals surface area contributed by atoms with Crippen molar-refractivity contribution in [3.8, 4) is 0 Å². The van der Waals surface area contributed by atoms with Crippen LogP contribution in [0.4, 0.5) is 5.69 Å². The highest BCUT2D eigenvalue weighted by molar-refractivity contribution is 7.93. The van der Waals surface area contributed by atoms with Gasteiger partial charge in [-0.2, -0.15) is 0 Å². The molecule has 0 aromatic heterocycles. The van der Waals surface area contributed by atoms with Crippen molar-refractivity contribution in [2.75, 3.05) is 4.72 Å². The van der Waals surface area contributed by atoms with Crippen LogP contribution in [0.5, 0.6) is 0 Å². The number of carbonyl (C=O) groups is 1. The molecule has 1 aliphatic carbocycles. The number of hydrogen-bond donors (Lipinski definition) is 2. The lowest BCUT2D eigenvalue weighted by Gasteiger charge is -2.22. The molecule has 1 aromatic rings. The monoisotopic (exact) mass is 349 g/mol. The van der Waals surface area contributed by atoms with Gasteiger partial charge in [-0.25, -0.2) is 13.2 Å². The Balaban J connectivity index is 2.33. The van der Waals surface area contributed by atoms with Gasteiger partial charge in [0.25, 0.3) is 0 Å². The molecule has 1 atom stereocenters. The van der Waals surface area contributed by atoms with E-state index in [1.54, 1.807) is 0 Å². The van der Waals surface area contributed by atoms with Gasteiger partial charge in [0.05, 0.1) is 16.3 Å². The smallest absolute Gasteiger partial charge is 0.332 e. The van der Waals surface area contributed by atoms with E-state index < -0.39 is 21.2 Å². The number of aliphatic carboxylic acids is 1. The molecule has 8 heteroatoms. The number of sulfonamides is 1. The van der Waals surface area contributed by atoms with Crippen molar-refractivity contribution in [3.63, 3.8) is 0 Å². The largest absolute Gasteiger partial charge is 0.478 e. The number of halogens is 2. The summed E-state index contributed by atoms with van der Waals surface area (Å²) in [5.74, 6) is -1.22. The van der Waals surface area contributed by atoms with Crippen LogP contribution in [-0.2, 0) is 14.8 Å². The van der Waals surface area contributed by atoms with Gasteiger partial charge in [-0.1, -0.05) is 29.3 Å². The van der Waals surface area contributed by atoms with Gasteiger partial charge in [-0.05, 0) is 37.5 Å². The summed E-state index contributed by atoms with van der Waals surface area (Å²) in [4.78, 5) is 11.2. The van der Waals surface area contributed by atoms with Gasteiger partial charge in [-0.3, -0.25) is 4.72 Å². The second kappa shape index (κ2) is 6.25. The van der Waals surface area contributed by atoms with E-state index in [-0.39, 0.29) is 22.7 Å². The van der Waals surface area contributed by atoms with Crippen LogP contribution < -0.4 is 4.72 Å². The van der Waals surface area contributed by atoms with Crippen LogP contribution in [0.25, 0.3) is 0 Å². The molecule has 0 heterocycles. The molecule has 0 saturated carbocycles. The number of rotatable bonds is 4. The number of benzene rings is 1. The quantitative estimate of drug-likeness (QED) is 0.873. The Morgan fingerprint density at radius 3 is 2.71 bits per heavy atom. The van der Waals surface area contributed by atoms with E-state index in [4.69, 9.17) is 28.3 Å². The van der Waals surface area contributed by atoms with E-state index in [9.17, 15) is 13.2 Å². The lowest BCUT2D eigenvalue weighted by molar-refractivity contribution is -0.132. The maximum atomic E-state index is 12.4. The first-order valence-electron chi connectivity index (χ1n) is 6.21. The van der Waals surface area contributed by atoms with Crippen LogP contribution in [0.15, 0.2) is 29.8 Å². The van der Waals surface area contributed by atoms with Gasteiger partial charge in [0.2, 0.25) is 10.0 Å². The highest BCUT2D eigenvalue weighted by atomic mass is 35.5. The summed E-state index contributed by atoms with van der Waals surface area (Å²) in [7, 11) is -3.91. The van der Waals surface area contributed by atoms with Crippen molar-refractivity contribution in [1.29, 1.82) is 0 Å². The summed E-state index contributed by atoms with van der Waals surface area (Å²) in [5, 5.41) is 8.55. The van der Waals surface area contributed by atoms with Crippen molar-refractivity contribution in [1.82, 2.24) is 0 Å². The third-order valence-electron chi connectivity index (χ3n) is 3.18. The van der Waals surface area contributed by atoms with Crippen LogP contribution in [0.3, 0.4) is 0 Å². The first kappa shape index (κ1) is 16.1. The fourth-order valence-electron chi connectivity index (χ4n) is 2.20. The zero-order valence-corrected chi connectivity index (χ0v) is 13.2. The summed E-state index contributed by atoms with van der Waals surface area (Å²) in [6.07, 6.45) is 2.89. The van der Waals surface area contributed by atoms with Crippen LogP contribution >= 0.6 is 23.2 Å². The van der Waals surface area contributed by atoms with E-state index in [0.29, 0.717) is 17.9 Å². The van der Waals surface area contributed by atoms with E-state index in [0.717, 1.165) is 0 Å². The van der Waals surface area contributed by atoms with Crippen LogP contribution in [0.1, 0.15) is 19.3 Å². The molecular weight excluding hydrogens is 337 g/mol. The van der Waals surface area contributed by atoms with E-state index >= 15 is 0 Å². The normalized spacial score (nSPS) is 19.0. The first-order valence-corrected chi connectivity index (χ1v) is 8.51. The third kappa shape index (κ3) is 3.70. The molecule has 1 unspecified atom stereocenters. The molecule has 2 N–H and O–H groups in total.